The van der Waals surface area contributed by atoms with Gasteiger partial charge in [-0.05, 0) is 29.8 Å². The lowest BCUT2D eigenvalue weighted by molar-refractivity contribution is 0.414. The van der Waals surface area contributed by atoms with Gasteiger partial charge in [-0.2, -0.15) is 10.5 Å². The van der Waals surface area contributed by atoms with Crippen molar-refractivity contribution in [1.29, 1.82) is 10.5 Å². The molecule has 0 bridgehead atoms. The lowest BCUT2D eigenvalue weighted by Crippen LogP contribution is -1.86. The van der Waals surface area contributed by atoms with Crippen LogP contribution in [0, 0.1) is 22.7 Å². The molecule has 0 atom stereocenters. The van der Waals surface area contributed by atoms with Gasteiger partial charge in [-0.3, -0.25) is 0 Å². The van der Waals surface area contributed by atoms with E-state index in [-0.39, 0.29) is 0 Å². The molecule has 0 aliphatic heterocycles. The Morgan fingerprint density at radius 2 is 2.14 bits per heavy atom. The van der Waals surface area contributed by atoms with Crippen LogP contribution in [0.1, 0.15) is 11.1 Å². The molecule has 0 amide bonds. The van der Waals surface area contributed by atoms with Gasteiger partial charge in [0, 0.05) is 6.08 Å². The quantitative estimate of drug-likeness (QED) is 0.661. The minimum absolute atomic E-state index is 0.496. The average molecular weight is 184 g/mol. The maximum Gasteiger partial charge on any atom is 0.120 e. The van der Waals surface area contributed by atoms with Gasteiger partial charge in [-0.25, -0.2) is 0 Å². The summed E-state index contributed by atoms with van der Waals surface area (Å²) in [6.45, 7) is 0. The van der Waals surface area contributed by atoms with E-state index < -0.39 is 0 Å². The van der Waals surface area contributed by atoms with Crippen molar-refractivity contribution in [3.8, 4) is 17.9 Å². The summed E-state index contributed by atoms with van der Waals surface area (Å²) < 4.78 is 4.98. The van der Waals surface area contributed by atoms with Crippen LogP contribution in [0.5, 0.6) is 5.75 Å². The summed E-state index contributed by atoms with van der Waals surface area (Å²) >= 11 is 0. The molecule has 14 heavy (non-hydrogen) atoms. The first-order valence-electron chi connectivity index (χ1n) is 3.96. The summed E-state index contributed by atoms with van der Waals surface area (Å²) in [7, 11) is 1.54. The van der Waals surface area contributed by atoms with Crippen LogP contribution < -0.4 is 4.74 Å². The molecule has 0 unspecified atom stereocenters. The van der Waals surface area contributed by atoms with Crippen LogP contribution in [0.15, 0.2) is 24.3 Å². The number of nitrogens with zero attached hydrogens (tertiary/aromatic N) is 2. The number of methoxy groups -OCH3 is 1. The van der Waals surface area contributed by atoms with Gasteiger partial charge in [-0.1, -0.05) is 0 Å². The van der Waals surface area contributed by atoms with Crippen LogP contribution in [-0.2, 0) is 0 Å². The highest BCUT2D eigenvalue weighted by Crippen LogP contribution is 2.17. The van der Waals surface area contributed by atoms with E-state index in [9.17, 15) is 0 Å². The molecule has 0 saturated heterocycles. The van der Waals surface area contributed by atoms with E-state index >= 15 is 0 Å². The topological polar surface area (TPSA) is 56.8 Å². The number of nitriles is 2. The van der Waals surface area contributed by atoms with Crippen molar-refractivity contribution < 1.29 is 4.74 Å². The fourth-order valence-electron chi connectivity index (χ4n) is 1.03. The molecule has 0 heterocycles. The molecule has 1 rings (SSSR count). The van der Waals surface area contributed by atoms with Crippen molar-refractivity contribution in [3.63, 3.8) is 0 Å². The molecule has 68 valence electrons. The van der Waals surface area contributed by atoms with E-state index in [0.29, 0.717) is 11.3 Å². The van der Waals surface area contributed by atoms with Crippen molar-refractivity contribution in [2.24, 2.45) is 0 Å². The standard InChI is InChI=1S/C11H8N2O/c1-14-11-5-4-9(3-2-6-12)10(7-11)8-13/h2-5,7H,1H3. The Hall–Kier alpha value is -2.26. The van der Waals surface area contributed by atoms with Crippen LogP contribution >= 0.6 is 0 Å². The summed E-state index contributed by atoms with van der Waals surface area (Å²) in [5, 5.41) is 17.2. The minimum atomic E-state index is 0.496. The number of allylic oxidation sites excluding steroid dienone is 1. The Morgan fingerprint density at radius 1 is 1.36 bits per heavy atom. The van der Waals surface area contributed by atoms with E-state index in [2.05, 4.69) is 0 Å². The molecule has 3 nitrogen and oxygen atoms in total. The van der Waals surface area contributed by atoms with Gasteiger partial charge in [0.15, 0.2) is 0 Å². The zero-order valence-electron chi connectivity index (χ0n) is 7.69. The fraction of sp³-hybridized carbons (Fsp3) is 0.0909. The largest absolute Gasteiger partial charge is 0.497 e. The molecule has 0 N–H and O–H groups in total. The normalized spacial score (nSPS) is 9.36. The second-order valence-electron chi connectivity index (χ2n) is 2.53. The van der Waals surface area contributed by atoms with E-state index in [0.717, 1.165) is 5.56 Å². The Labute approximate surface area is 82.5 Å². The monoisotopic (exact) mass is 184 g/mol. The summed E-state index contributed by atoms with van der Waals surface area (Å²) in [6, 6.07) is 9.04. The van der Waals surface area contributed by atoms with E-state index in [1.165, 1.54) is 6.08 Å². The van der Waals surface area contributed by atoms with Crippen LogP contribution in [0.4, 0.5) is 0 Å². The molecule has 3 heteroatoms. The third kappa shape index (κ3) is 2.12. The van der Waals surface area contributed by atoms with Crippen molar-refractivity contribution in [3.05, 3.63) is 35.4 Å². The first-order chi connectivity index (χ1) is 6.81. The molecule has 0 fully saturated rings. The Kier molecular flexibility index (Phi) is 3.29. The molecule has 0 aliphatic rings. The number of hydrogen-bond donors (Lipinski definition) is 0. The molecular weight excluding hydrogens is 176 g/mol. The Morgan fingerprint density at radius 3 is 2.71 bits per heavy atom. The molecule has 0 saturated carbocycles. The van der Waals surface area contributed by atoms with Gasteiger partial charge in [-0.15, -0.1) is 0 Å². The molecule has 1 aromatic carbocycles. The second kappa shape index (κ2) is 4.69. The fourth-order valence-corrected chi connectivity index (χ4v) is 1.03. The van der Waals surface area contributed by atoms with Gasteiger partial charge in [0.1, 0.15) is 5.75 Å². The summed E-state index contributed by atoms with van der Waals surface area (Å²) in [6.07, 6.45) is 2.93. The highest BCUT2D eigenvalue weighted by molar-refractivity contribution is 5.61. The summed E-state index contributed by atoms with van der Waals surface area (Å²) in [4.78, 5) is 0. The molecular formula is C11H8N2O. The van der Waals surface area contributed by atoms with E-state index in [1.807, 2.05) is 12.1 Å². The number of rotatable bonds is 2. The minimum Gasteiger partial charge on any atom is -0.497 e. The zero-order chi connectivity index (χ0) is 10.4. The van der Waals surface area contributed by atoms with Crippen molar-refractivity contribution in [2.45, 2.75) is 0 Å². The third-order valence-electron chi connectivity index (χ3n) is 1.72. The van der Waals surface area contributed by atoms with Crippen LogP contribution in [-0.4, -0.2) is 7.11 Å². The van der Waals surface area contributed by atoms with Crippen LogP contribution in [0.2, 0.25) is 0 Å². The van der Waals surface area contributed by atoms with Crippen molar-refractivity contribution in [2.75, 3.05) is 7.11 Å². The highest BCUT2D eigenvalue weighted by Gasteiger charge is 2.00. The predicted molar refractivity (Wildman–Crippen MR) is 52.4 cm³/mol. The Bertz CT molecular complexity index is 436. The smallest absolute Gasteiger partial charge is 0.120 e. The Balaban J connectivity index is 3.15. The van der Waals surface area contributed by atoms with Crippen LogP contribution in [0.3, 0.4) is 0 Å². The molecule has 0 spiro atoms. The molecule has 0 aliphatic carbocycles. The third-order valence-corrected chi connectivity index (χ3v) is 1.72. The van der Waals surface area contributed by atoms with Crippen molar-refractivity contribution >= 4 is 6.08 Å². The van der Waals surface area contributed by atoms with Crippen LogP contribution in [0.25, 0.3) is 6.08 Å². The van der Waals surface area contributed by atoms with Crippen molar-refractivity contribution in [1.82, 2.24) is 0 Å². The van der Waals surface area contributed by atoms with Gasteiger partial charge in [0.05, 0.1) is 24.8 Å². The average Bonchev–Trinajstić information content (AvgIpc) is 2.26. The lowest BCUT2D eigenvalue weighted by atomic mass is 10.1. The second-order valence-corrected chi connectivity index (χ2v) is 2.53. The van der Waals surface area contributed by atoms with Gasteiger partial charge < -0.3 is 4.74 Å². The maximum atomic E-state index is 8.82. The predicted octanol–water partition coefficient (Wildman–Crippen LogP) is 2.10. The SMILES string of the molecule is COc1ccc(C=CC#N)c(C#N)c1. The zero-order valence-corrected chi connectivity index (χ0v) is 7.69. The lowest BCUT2D eigenvalue weighted by Gasteiger charge is -2.01. The highest BCUT2D eigenvalue weighted by atomic mass is 16.5. The molecule has 0 radical (unpaired) electrons. The van der Waals surface area contributed by atoms with E-state index in [4.69, 9.17) is 15.3 Å². The summed E-state index contributed by atoms with van der Waals surface area (Å²) in [5.74, 6) is 0.635. The van der Waals surface area contributed by atoms with Gasteiger partial charge in [0.2, 0.25) is 0 Å². The molecule has 1 aromatic rings. The van der Waals surface area contributed by atoms with E-state index in [1.54, 1.807) is 31.4 Å². The maximum absolute atomic E-state index is 8.82. The molecule has 0 aromatic heterocycles. The first kappa shape index (κ1) is 9.83. The number of ether oxygens (including phenoxy) is 1. The number of benzene rings is 1. The first-order valence-corrected chi connectivity index (χ1v) is 3.96. The summed E-state index contributed by atoms with van der Waals surface area (Å²) in [5.41, 5.74) is 1.21. The van der Waals surface area contributed by atoms with Gasteiger partial charge >= 0.3 is 0 Å². The number of hydrogen-bond acceptors (Lipinski definition) is 3. The van der Waals surface area contributed by atoms with Gasteiger partial charge in [0.25, 0.3) is 0 Å².